The number of likely N-dealkylation sites (tertiary alicyclic amines) is 1. The van der Waals surface area contributed by atoms with Gasteiger partial charge in [-0.2, -0.15) is 0 Å². The standard InChI is InChI=1S/C13H26N2O3S/c1-3-4-5-8-19(17,18)9-12(16)15-7-6-13(2,10-14)11-15/h3-11,14H2,1-2H3. The molecule has 5 nitrogen and oxygen atoms in total. The van der Waals surface area contributed by atoms with Gasteiger partial charge in [0.25, 0.3) is 0 Å². The Morgan fingerprint density at radius 1 is 1.37 bits per heavy atom. The molecule has 1 aliphatic heterocycles. The van der Waals surface area contributed by atoms with E-state index < -0.39 is 9.84 Å². The number of amides is 1. The summed E-state index contributed by atoms with van der Waals surface area (Å²) in [6.45, 7) is 5.79. The highest BCUT2D eigenvalue weighted by Crippen LogP contribution is 2.28. The molecular weight excluding hydrogens is 264 g/mol. The van der Waals surface area contributed by atoms with Crippen molar-refractivity contribution in [2.75, 3.05) is 31.1 Å². The van der Waals surface area contributed by atoms with Gasteiger partial charge in [0.15, 0.2) is 9.84 Å². The summed E-state index contributed by atoms with van der Waals surface area (Å²) in [5.41, 5.74) is 5.63. The van der Waals surface area contributed by atoms with E-state index in [0.717, 1.165) is 19.3 Å². The average molecular weight is 290 g/mol. The van der Waals surface area contributed by atoms with Gasteiger partial charge in [0, 0.05) is 13.1 Å². The second-order valence-corrected chi connectivity index (χ2v) is 8.06. The molecule has 1 amide bonds. The molecule has 2 N–H and O–H groups in total. The Morgan fingerprint density at radius 3 is 2.58 bits per heavy atom. The van der Waals surface area contributed by atoms with Gasteiger partial charge in [0.2, 0.25) is 5.91 Å². The molecule has 0 spiro atoms. The number of nitrogens with two attached hydrogens (primary N) is 1. The molecule has 6 heteroatoms. The zero-order chi connectivity index (χ0) is 14.5. The van der Waals surface area contributed by atoms with Gasteiger partial charge in [-0.05, 0) is 24.8 Å². The summed E-state index contributed by atoms with van der Waals surface area (Å²) >= 11 is 0. The molecule has 0 bridgehead atoms. The van der Waals surface area contributed by atoms with Crippen LogP contribution in [-0.2, 0) is 14.6 Å². The van der Waals surface area contributed by atoms with E-state index in [9.17, 15) is 13.2 Å². The molecule has 1 aliphatic rings. The predicted octanol–water partition coefficient (Wildman–Crippen LogP) is 0.789. The molecule has 1 unspecified atom stereocenters. The number of hydrogen-bond donors (Lipinski definition) is 1. The molecule has 0 aromatic rings. The molecule has 1 saturated heterocycles. The van der Waals surface area contributed by atoms with Crippen LogP contribution in [0.3, 0.4) is 0 Å². The molecule has 1 rings (SSSR count). The van der Waals surface area contributed by atoms with Crippen molar-refractivity contribution in [1.82, 2.24) is 4.90 Å². The molecule has 19 heavy (non-hydrogen) atoms. The Morgan fingerprint density at radius 2 is 2.05 bits per heavy atom. The number of unbranched alkanes of at least 4 members (excludes halogenated alkanes) is 2. The fourth-order valence-electron chi connectivity index (χ4n) is 2.33. The van der Waals surface area contributed by atoms with Crippen molar-refractivity contribution in [3.05, 3.63) is 0 Å². The lowest BCUT2D eigenvalue weighted by Crippen LogP contribution is -2.37. The van der Waals surface area contributed by atoms with E-state index in [4.69, 9.17) is 5.73 Å². The summed E-state index contributed by atoms with van der Waals surface area (Å²) < 4.78 is 23.7. The lowest BCUT2D eigenvalue weighted by molar-refractivity contribution is -0.127. The molecule has 0 aliphatic carbocycles. The van der Waals surface area contributed by atoms with E-state index in [1.807, 2.05) is 13.8 Å². The molecule has 0 aromatic carbocycles. The van der Waals surface area contributed by atoms with Crippen molar-refractivity contribution >= 4 is 15.7 Å². The van der Waals surface area contributed by atoms with E-state index in [1.54, 1.807) is 4.90 Å². The summed E-state index contributed by atoms with van der Waals surface area (Å²) in [6, 6.07) is 0. The van der Waals surface area contributed by atoms with Gasteiger partial charge in [0.05, 0.1) is 5.75 Å². The summed E-state index contributed by atoms with van der Waals surface area (Å²) in [7, 11) is -3.26. The van der Waals surface area contributed by atoms with E-state index in [0.29, 0.717) is 26.1 Å². The third-order valence-corrected chi connectivity index (χ3v) is 5.40. The highest BCUT2D eigenvalue weighted by atomic mass is 32.2. The monoisotopic (exact) mass is 290 g/mol. The maximum atomic E-state index is 12.0. The number of nitrogens with zero attached hydrogens (tertiary/aromatic N) is 1. The van der Waals surface area contributed by atoms with Gasteiger partial charge in [-0.1, -0.05) is 26.7 Å². The molecule has 0 aromatic heterocycles. The zero-order valence-electron chi connectivity index (χ0n) is 12.0. The lowest BCUT2D eigenvalue weighted by Gasteiger charge is -2.22. The van der Waals surface area contributed by atoms with Crippen LogP contribution < -0.4 is 5.73 Å². The Hall–Kier alpha value is -0.620. The summed E-state index contributed by atoms with van der Waals surface area (Å²) in [5.74, 6) is -0.500. The molecule has 1 fully saturated rings. The van der Waals surface area contributed by atoms with Gasteiger partial charge in [-0.15, -0.1) is 0 Å². The molecule has 1 atom stereocenters. The normalized spacial score (nSPS) is 23.8. The Kier molecular flexibility index (Phi) is 5.80. The first-order valence-corrected chi connectivity index (χ1v) is 8.82. The fraction of sp³-hybridized carbons (Fsp3) is 0.923. The molecule has 0 saturated carbocycles. The van der Waals surface area contributed by atoms with Crippen LogP contribution in [0.25, 0.3) is 0 Å². The van der Waals surface area contributed by atoms with Crippen LogP contribution in [0, 0.1) is 5.41 Å². The molecular formula is C13H26N2O3S. The van der Waals surface area contributed by atoms with Crippen LogP contribution in [0.5, 0.6) is 0 Å². The Labute approximate surface area is 116 Å². The first kappa shape index (κ1) is 16.4. The highest BCUT2D eigenvalue weighted by molar-refractivity contribution is 7.92. The van der Waals surface area contributed by atoms with Gasteiger partial charge >= 0.3 is 0 Å². The largest absolute Gasteiger partial charge is 0.341 e. The van der Waals surface area contributed by atoms with Gasteiger partial charge < -0.3 is 10.6 Å². The average Bonchev–Trinajstić information content (AvgIpc) is 2.72. The van der Waals surface area contributed by atoms with Crippen LogP contribution in [0.2, 0.25) is 0 Å². The highest BCUT2D eigenvalue weighted by Gasteiger charge is 2.35. The first-order chi connectivity index (χ1) is 8.82. The minimum Gasteiger partial charge on any atom is -0.341 e. The van der Waals surface area contributed by atoms with Crippen molar-refractivity contribution in [2.45, 2.75) is 39.5 Å². The van der Waals surface area contributed by atoms with Crippen molar-refractivity contribution in [1.29, 1.82) is 0 Å². The third kappa shape index (κ3) is 5.10. The van der Waals surface area contributed by atoms with Gasteiger partial charge in [-0.3, -0.25) is 4.79 Å². The zero-order valence-corrected chi connectivity index (χ0v) is 12.8. The minimum atomic E-state index is -3.26. The first-order valence-electron chi connectivity index (χ1n) is 7.00. The predicted molar refractivity (Wildman–Crippen MR) is 76.5 cm³/mol. The van der Waals surface area contributed by atoms with E-state index in [2.05, 4.69) is 0 Å². The van der Waals surface area contributed by atoms with Crippen LogP contribution in [0.1, 0.15) is 39.5 Å². The number of hydrogen-bond acceptors (Lipinski definition) is 4. The quantitative estimate of drug-likeness (QED) is 0.703. The summed E-state index contributed by atoms with van der Waals surface area (Å²) in [6.07, 6.45) is 3.37. The maximum Gasteiger partial charge on any atom is 0.237 e. The van der Waals surface area contributed by atoms with E-state index >= 15 is 0 Å². The van der Waals surface area contributed by atoms with Crippen molar-refractivity contribution < 1.29 is 13.2 Å². The molecule has 0 radical (unpaired) electrons. The smallest absolute Gasteiger partial charge is 0.237 e. The lowest BCUT2D eigenvalue weighted by atomic mass is 9.90. The van der Waals surface area contributed by atoms with Gasteiger partial charge in [0.1, 0.15) is 5.75 Å². The fourth-order valence-corrected chi connectivity index (χ4v) is 3.67. The second-order valence-electron chi connectivity index (χ2n) is 5.88. The van der Waals surface area contributed by atoms with Crippen LogP contribution >= 0.6 is 0 Å². The summed E-state index contributed by atoms with van der Waals surface area (Å²) in [4.78, 5) is 13.6. The number of carbonyl (C=O) groups is 1. The number of rotatable bonds is 7. The maximum absolute atomic E-state index is 12.0. The second kappa shape index (κ2) is 6.70. The molecule has 112 valence electrons. The number of sulfone groups is 1. The van der Waals surface area contributed by atoms with E-state index in [-0.39, 0.29) is 22.8 Å². The Bertz CT molecular complexity index is 408. The van der Waals surface area contributed by atoms with Crippen LogP contribution in [-0.4, -0.2) is 50.4 Å². The number of carbonyl (C=O) groups excluding carboxylic acids is 1. The minimum absolute atomic E-state index is 0.0539. The van der Waals surface area contributed by atoms with Crippen LogP contribution in [0.15, 0.2) is 0 Å². The summed E-state index contributed by atoms with van der Waals surface area (Å²) in [5, 5.41) is 0. The van der Waals surface area contributed by atoms with Crippen molar-refractivity contribution in [3.63, 3.8) is 0 Å². The Balaban J connectivity index is 2.47. The third-order valence-electron chi connectivity index (χ3n) is 3.81. The van der Waals surface area contributed by atoms with E-state index in [1.165, 1.54) is 0 Å². The van der Waals surface area contributed by atoms with Gasteiger partial charge in [-0.25, -0.2) is 8.42 Å². The molecule has 1 heterocycles. The van der Waals surface area contributed by atoms with Crippen molar-refractivity contribution in [3.8, 4) is 0 Å². The topological polar surface area (TPSA) is 80.5 Å². The van der Waals surface area contributed by atoms with Crippen LogP contribution in [0.4, 0.5) is 0 Å². The van der Waals surface area contributed by atoms with Crippen molar-refractivity contribution in [2.24, 2.45) is 11.1 Å². The SMILES string of the molecule is CCCCCS(=O)(=O)CC(=O)N1CCC(C)(CN)C1.